The molecule has 166 valence electrons. The van der Waals surface area contributed by atoms with Gasteiger partial charge in [0.1, 0.15) is 11.6 Å². The summed E-state index contributed by atoms with van der Waals surface area (Å²) in [7, 11) is 0. The fraction of sp³-hybridized carbons (Fsp3) is 0.0833. The second-order valence-electron chi connectivity index (χ2n) is 6.93. The number of anilines is 4. The monoisotopic (exact) mass is 445 g/mol. The van der Waals surface area contributed by atoms with Gasteiger partial charge in [0.15, 0.2) is 0 Å². The van der Waals surface area contributed by atoms with E-state index in [0.717, 1.165) is 5.39 Å². The first-order valence-corrected chi connectivity index (χ1v) is 10.2. The highest BCUT2D eigenvalue weighted by Crippen LogP contribution is 2.25. The number of rotatable bonds is 6. The summed E-state index contributed by atoms with van der Waals surface area (Å²) < 4.78 is 18.3. The molecule has 0 aliphatic rings. The number of hydrogen-bond donors (Lipinski definition) is 3. The number of urea groups is 1. The molecule has 0 unspecified atom stereocenters. The summed E-state index contributed by atoms with van der Waals surface area (Å²) in [6.07, 6.45) is 0. The van der Waals surface area contributed by atoms with Crippen LogP contribution in [0.3, 0.4) is 0 Å². The molecule has 33 heavy (non-hydrogen) atoms. The van der Waals surface area contributed by atoms with Crippen LogP contribution in [0.25, 0.3) is 10.9 Å². The fourth-order valence-corrected chi connectivity index (χ4v) is 3.09. The van der Waals surface area contributed by atoms with Crippen molar-refractivity contribution < 1.29 is 18.7 Å². The smallest absolute Gasteiger partial charge is 0.376 e. The zero-order chi connectivity index (χ0) is 23.2. The van der Waals surface area contributed by atoms with E-state index in [9.17, 15) is 14.0 Å². The van der Waals surface area contributed by atoms with Crippen molar-refractivity contribution in [1.29, 1.82) is 0 Å². The zero-order valence-corrected chi connectivity index (χ0v) is 17.6. The number of benzene rings is 3. The molecule has 0 spiro atoms. The van der Waals surface area contributed by atoms with E-state index in [1.165, 1.54) is 18.2 Å². The lowest BCUT2D eigenvalue weighted by Gasteiger charge is -2.12. The number of nitrogens with zero attached hydrogens (tertiary/aromatic N) is 2. The quantitative estimate of drug-likeness (QED) is 0.346. The number of carbonyl (C=O) groups is 2. The minimum atomic E-state index is -0.602. The lowest BCUT2D eigenvalue weighted by molar-refractivity contribution is 0.0512. The number of carbonyl (C=O) groups excluding carboxylic acids is 2. The van der Waals surface area contributed by atoms with E-state index in [1.54, 1.807) is 43.3 Å². The Hall–Kier alpha value is -4.53. The molecule has 9 heteroatoms. The molecule has 3 aromatic carbocycles. The number of fused-ring (bicyclic) bond motifs is 1. The third kappa shape index (κ3) is 5.40. The standard InChI is InChI=1S/C24H20FN5O3/c1-2-33-23(31)22-29-20-9-4-3-8-19(20)21(30-22)26-16-10-12-17(13-11-16)27-24(32)28-18-7-5-6-15(25)14-18/h3-14H,2H2,1H3,(H,26,29,30)(H2,27,28,32). The van der Waals surface area contributed by atoms with Crippen molar-refractivity contribution in [3.63, 3.8) is 0 Å². The molecule has 1 heterocycles. The third-order valence-corrected chi connectivity index (χ3v) is 4.55. The molecule has 4 aromatic rings. The summed E-state index contributed by atoms with van der Waals surface area (Å²) in [4.78, 5) is 32.9. The number of para-hydroxylation sites is 1. The van der Waals surface area contributed by atoms with E-state index < -0.39 is 17.8 Å². The summed E-state index contributed by atoms with van der Waals surface area (Å²) in [5, 5.41) is 9.17. The van der Waals surface area contributed by atoms with Crippen molar-refractivity contribution in [3.8, 4) is 0 Å². The van der Waals surface area contributed by atoms with Gasteiger partial charge < -0.3 is 20.7 Å². The van der Waals surface area contributed by atoms with Gasteiger partial charge in [-0.15, -0.1) is 0 Å². The molecule has 3 N–H and O–H groups in total. The molecule has 2 amide bonds. The number of aromatic nitrogens is 2. The van der Waals surface area contributed by atoms with Crippen LogP contribution in [-0.2, 0) is 4.74 Å². The largest absolute Gasteiger partial charge is 0.460 e. The van der Waals surface area contributed by atoms with Crippen molar-refractivity contribution in [2.75, 3.05) is 22.6 Å². The highest BCUT2D eigenvalue weighted by atomic mass is 19.1. The van der Waals surface area contributed by atoms with Crippen LogP contribution in [0, 0.1) is 5.82 Å². The highest BCUT2D eigenvalue weighted by Gasteiger charge is 2.15. The summed E-state index contributed by atoms with van der Waals surface area (Å²) in [6.45, 7) is 1.94. The second-order valence-corrected chi connectivity index (χ2v) is 6.93. The molecule has 0 aliphatic heterocycles. The van der Waals surface area contributed by atoms with Gasteiger partial charge in [-0.25, -0.2) is 23.9 Å². The first-order valence-electron chi connectivity index (χ1n) is 10.2. The Morgan fingerprint density at radius 3 is 2.36 bits per heavy atom. The maximum atomic E-state index is 13.3. The number of ether oxygens (including phenoxy) is 1. The molecule has 8 nitrogen and oxygen atoms in total. The highest BCUT2D eigenvalue weighted by molar-refractivity contribution is 6.00. The molecule has 1 aromatic heterocycles. The molecule has 0 atom stereocenters. The van der Waals surface area contributed by atoms with E-state index >= 15 is 0 Å². The normalized spacial score (nSPS) is 10.5. The molecular formula is C24H20FN5O3. The molecule has 0 aliphatic carbocycles. The summed E-state index contributed by atoms with van der Waals surface area (Å²) >= 11 is 0. The van der Waals surface area contributed by atoms with Crippen molar-refractivity contribution >= 4 is 45.8 Å². The summed E-state index contributed by atoms with van der Waals surface area (Å²) in [5.74, 6) is -0.625. The number of halogens is 1. The Morgan fingerprint density at radius 2 is 1.61 bits per heavy atom. The second kappa shape index (κ2) is 9.73. The molecule has 0 fully saturated rings. The van der Waals surface area contributed by atoms with Gasteiger partial charge in [-0.2, -0.15) is 0 Å². The van der Waals surface area contributed by atoms with E-state index in [2.05, 4.69) is 25.9 Å². The van der Waals surface area contributed by atoms with Crippen molar-refractivity contribution in [3.05, 3.63) is 84.4 Å². The number of nitrogens with one attached hydrogen (secondary N) is 3. The molecular weight excluding hydrogens is 425 g/mol. The van der Waals surface area contributed by atoms with Crippen molar-refractivity contribution in [2.45, 2.75) is 6.92 Å². The van der Waals surface area contributed by atoms with Gasteiger partial charge >= 0.3 is 12.0 Å². The van der Waals surface area contributed by atoms with E-state index in [1.807, 2.05) is 18.2 Å². The molecule has 0 bridgehead atoms. The molecule has 0 saturated carbocycles. The Kier molecular flexibility index (Phi) is 6.40. The molecule has 0 radical (unpaired) electrons. The van der Waals surface area contributed by atoms with Crippen LogP contribution >= 0.6 is 0 Å². The predicted molar refractivity (Wildman–Crippen MR) is 124 cm³/mol. The van der Waals surface area contributed by atoms with Gasteiger partial charge in [0.05, 0.1) is 12.1 Å². The number of amides is 2. The van der Waals surface area contributed by atoms with E-state index in [-0.39, 0.29) is 12.4 Å². The van der Waals surface area contributed by atoms with Crippen LogP contribution < -0.4 is 16.0 Å². The number of hydrogen-bond acceptors (Lipinski definition) is 6. The van der Waals surface area contributed by atoms with Gasteiger partial charge in [-0.3, -0.25) is 0 Å². The maximum Gasteiger partial charge on any atom is 0.376 e. The van der Waals surface area contributed by atoms with E-state index in [0.29, 0.717) is 28.4 Å². The minimum absolute atomic E-state index is 0.0367. The zero-order valence-electron chi connectivity index (χ0n) is 17.6. The summed E-state index contributed by atoms with van der Waals surface area (Å²) in [6, 6.07) is 19.3. The van der Waals surface area contributed by atoms with Gasteiger partial charge in [0, 0.05) is 22.4 Å². The average Bonchev–Trinajstić information content (AvgIpc) is 2.80. The van der Waals surface area contributed by atoms with Crippen molar-refractivity contribution in [1.82, 2.24) is 9.97 Å². The Bertz CT molecular complexity index is 1310. The lowest BCUT2D eigenvalue weighted by Crippen LogP contribution is -2.19. The van der Waals surface area contributed by atoms with E-state index in [4.69, 9.17) is 4.74 Å². The predicted octanol–water partition coefficient (Wildman–Crippen LogP) is 5.33. The van der Waals surface area contributed by atoms with Crippen LogP contribution in [0.2, 0.25) is 0 Å². The minimum Gasteiger partial charge on any atom is -0.460 e. The van der Waals surface area contributed by atoms with Gasteiger partial charge in [-0.05, 0) is 61.5 Å². The first kappa shape index (κ1) is 21.7. The van der Waals surface area contributed by atoms with Crippen LogP contribution in [0.15, 0.2) is 72.8 Å². The molecule has 0 saturated heterocycles. The van der Waals surface area contributed by atoms with Crippen LogP contribution in [0.5, 0.6) is 0 Å². The topological polar surface area (TPSA) is 105 Å². The van der Waals surface area contributed by atoms with Gasteiger partial charge in [0.2, 0.25) is 5.82 Å². The van der Waals surface area contributed by atoms with Crippen molar-refractivity contribution in [2.24, 2.45) is 0 Å². The average molecular weight is 445 g/mol. The van der Waals surface area contributed by atoms with Crippen LogP contribution in [0.4, 0.5) is 32.1 Å². The van der Waals surface area contributed by atoms with Gasteiger partial charge in [-0.1, -0.05) is 18.2 Å². The Balaban J connectivity index is 1.49. The Labute approximate surface area is 188 Å². The third-order valence-electron chi connectivity index (χ3n) is 4.55. The fourth-order valence-electron chi connectivity index (χ4n) is 3.09. The molecule has 4 rings (SSSR count). The number of esters is 1. The Morgan fingerprint density at radius 1 is 0.879 bits per heavy atom. The first-order chi connectivity index (χ1) is 16.0. The maximum absolute atomic E-state index is 13.3. The summed E-state index contributed by atoms with van der Waals surface area (Å²) in [5.41, 5.74) is 2.17. The lowest BCUT2D eigenvalue weighted by atomic mass is 10.2. The SMILES string of the molecule is CCOC(=O)c1nc(Nc2ccc(NC(=O)Nc3cccc(F)c3)cc2)c2ccccc2n1. The van der Waals surface area contributed by atoms with Crippen LogP contribution in [0.1, 0.15) is 17.5 Å². The van der Waals surface area contributed by atoms with Gasteiger partial charge in [0.25, 0.3) is 0 Å². The van der Waals surface area contributed by atoms with Crippen LogP contribution in [-0.4, -0.2) is 28.6 Å².